The summed E-state index contributed by atoms with van der Waals surface area (Å²) in [4.78, 5) is 73.8. The number of nitrogens with one attached hydrogen (secondary N) is 2. The predicted octanol–water partition coefficient (Wildman–Crippen LogP) is 24.2. The molecule has 15 fully saturated rings. The Morgan fingerprint density at radius 1 is 0.353 bits per heavy atom. The highest BCUT2D eigenvalue weighted by atomic mass is 16.6. The molecule has 0 unspecified atom stereocenters. The normalized spacial score (nSPS) is 45.3. The molecule has 0 bridgehead atoms. The summed E-state index contributed by atoms with van der Waals surface area (Å²) in [6.45, 7) is 65.9. The molecule has 0 radical (unpaired) electrons. The van der Waals surface area contributed by atoms with Crippen molar-refractivity contribution in [3.05, 3.63) is 60.8 Å². The summed E-state index contributed by atoms with van der Waals surface area (Å²) < 4.78 is 22.1. The first-order chi connectivity index (χ1) is 62.7. The third kappa shape index (κ3) is 22.5. The summed E-state index contributed by atoms with van der Waals surface area (Å²) >= 11 is 0. The van der Waals surface area contributed by atoms with Gasteiger partial charge in [0.25, 0.3) is 0 Å². The lowest BCUT2D eigenvalue weighted by Gasteiger charge is -2.57. The number of hydrogen-bond acceptors (Lipinski definition) is 18. The van der Waals surface area contributed by atoms with Gasteiger partial charge >= 0.3 is 23.9 Å². The summed E-state index contributed by atoms with van der Waals surface area (Å²) in [5.74, 6) is 11.4. The quantitative estimate of drug-likeness (QED) is 0.0151. The number of oxime groups is 1. The number of fused-ring (bicyclic) bond motifs is 5. The zero-order valence-electron chi connectivity index (χ0n) is 87.7. The van der Waals surface area contributed by atoms with Gasteiger partial charge in [-0.25, -0.2) is 11.0 Å². The van der Waals surface area contributed by atoms with Crippen molar-refractivity contribution < 1.29 is 72.8 Å². The van der Waals surface area contributed by atoms with Crippen LogP contribution in [0.1, 0.15) is 349 Å². The lowest BCUT2D eigenvalue weighted by Crippen LogP contribution is -2.53. The van der Waals surface area contributed by atoms with Crippen molar-refractivity contribution in [3.63, 3.8) is 0 Å². The standard InChI is InChI=1S/C24H41NO3.C24H39NO3.C23H38O3.C23H36O3.C21H37NO3/c2*1-16-9-11-24(5,19(13-16)15-28-18(3)26)22-10-12-23(4)17(2)7-8-21(23)20(22)14-25-27-6;2*1-15-8-10-23(5,18(12-15)14-26-17(3)25)21-9-11-22(4)16(2)6-7-20(22)19(21)13-24;1-14-5-6-18-17(12-22-25-4)19(8-10-20(14,18)2)21(3)9-7-16(24)11-15(21)13-23/h16,19-22,25H,2,7-15H2,1,3-6H3;14,16,19-22H,2,7-13,15H2,1,3-6H3;15,18-21,24H,2,6-14H2,1,3-5H3;13,15,18-21H,2,6-12,14H2,1,3-5H3;15-19,22-24H,1,5-13H2,2-4H3/b;25-14-;;;/t2*16-,19+,20-,21-,22-,23+,24-;2*15-,18+,19-,20-,21-,22+,23-;15-,16+,17+,18+,19+,20-,21+/m00001/s1. The third-order valence-electron chi connectivity index (χ3n) is 43.5. The van der Waals surface area contributed by atoms with Crippen molar-refractivity contribution in [2.45, 2.75) is 355 Å². The molecule has 0 aliphatic heterocycles. The van der Waals surface area contributed by atoms with E-state index in [4.69, 9.17) is 33.5 Å². The van der Waals surface area contributed by atoms with E-state index in [2.05, 4.69) is 152 Å². The van der Waals surface area contributed by atoms with Crippen molar-refractivity contribution in [2.75, 3.05) is 74.1 Å². The van der Waals surface area contributed by atoms with Gasteiger partial charge in [0.1, 0.15) is 13.4 Å². The van der Waals surface area contributed by atoms with Crippen molar-refractivity contribution in [2.24, 2.45) is 201 Å². The maximum absolute atomic E-state index is 12.3. The van der Waals surface area contributed by atoms with Gasteiger partial charge in [-0.2, -0.15) is 0 Å². The molecule has 5 N–H and O–H groups in total. The van der Waals surface area contributed by atoms with Crippen LogP contribution in [0.4, 0.5) is 0 Å². The van der Waals surface area contributed by atoms with E-state index in [-0.39, 0.29) is 109 Å². The SMILES string of the molecule is C=C1CC[C@H]2[C@H](/C=N\OC)[C@@H]([C@@]3(C)CC[C@H](C)C[C@@H]3COC(C)=O)CC[C@]12C.C=C1CC[C@H]2[C@H](C=O)[C@@H]([C@@]3(C)CC[C@H](C)C[C@@H]3COC(C)=O)CC[C@]12C.C=C1CC[C@H]2[C@H](CNOC)[C@@H]([C@@]3(C)CC[C@H](C)C[C@@H]3COC(C)=O)CC[C@]12C.C=C1CC[C@H]2[C@H](CNOC)[C@@H]([C@@]3(C)CC[C@H](O)C[C@@H]3CO)CC[C@]12C.C=C1CC[C@H]2[C@H](CO)[C@@H]([C@@]3(C)CC[C@H](C)C[C@@H]3COC(C)=O)CC[C@]12C. The van der Waals surface area contributed by atoms with Crippen molar-refractivity contribution in [1.29, 1.82) is 0 Å². The van der Waals surface area contributed by atoms with Gasteiger partial charge in [-0.1, -0.05) is 189 Å². The van der Waals surface area contributed by atoms with Crippen LogP contribution in [0.5, 0.6) is 0 Å². The van der Waals surface area contributed by atoms with E-state index in [1.54, 1.807) is 21.3 Å². The Hall–Kier alpha value is -4.56. The first-order valence-corrected chi connectivity index (χ1v) is 53.6. The number of carbonyl (C=O) groups excluding carboxylic acids is 5. The molecule has 15 aliphatic carbocycles. The molecule has 0 spiro atoms. The fraction of sp³-hybridized carbons (Fsp3) is 0.861. The molecule has 0 aromatic carbocycles. The summed E-state index contributed by atoms with van der Waals surface area (Å²) in [5.41, 5.74) is 15.3. The average molecular weight is 1860 g/mol. The van der Waals surface area contributed by atoms with Crippen LogP contribution in [0, 0.1) is 196 Å². The molecular formula is C115H191N3O15. The minimum absolute atomic E-state index is 0.0821. The highest BCUT2D eigenvalue weighted by Gasteiger charge is 2.64. The van der Waals surface area contributed by atoms with Gasteiger partial charge in [-0.05, 0) is 383 Å². The van der Waals surface area contributed by atoms with Crippen LogP contribution in [-0.4, -0.2) is 132 Å². The molecule has 0 amide bonds. The second kappa shape index (κ2) is 45.1. The van der Waals surface area contributed by atoms with E-state index in [9.17, 15) is 39.3 Å². The van der Waals surface area contributed by atoms with Gasteiger partial charge in [0.2, 0.25) is 0 Å². The molecule has 35 atom stereocenters. The summed E-state index contributed by atoms with van der Waals surface area (Å²) in [7, 11) is 5.05. The summed E-state index contributed by atoms with van der Waals surface area (Å²) in [5, 5.41) is 34.8. The van der Waals surface area contributed by atoms with Crippen LogP contribution in [0.25, 0.3) is 0 Å². The van der Waals surface area contributed by atoms with Crippen molar-refractivity contribution >= 4 is 36.4 Å². The lowest BCUT2D eigenvalue weighted by molar-refractivity contribution is -0.149. The Bertz CT molecular complexity index is 4010. The Morgan fingerprint density at radius 2 is 0.624 bits per heavy atom. The van der Waals surface area contributed by atoms with E-state index >= 15 is 0 Å². The first-order valence-electron chi connectivity index (χ1n) is 53.6. The minimum atomic E-state index is -0.249. The fourth-order valence-corrected chi connectivity index (χ4v) is 34.1. The lowest BCUT2D eigenvalue weighted by atomic mass is 9.49. The number of allylic oxidation sites excluding steroid dienone is 5. The number of hydrogen-bond donors (Lipinski definition) is 5. The number of nitrogens with zero attached hydrogens (tertiary/aromatic N) is 1. The van der Waals surface area contributed by atoms with Crippen LogP contribution in [0.3, 0.4) is 0 Å². The number of aliphatic hydroxyl groups is 3. The van der Waals surface area contributed by atoms with E-state index in [0.29, 0.717) is 157 Å². The Morgan fingerprint density at radius 3 is 0.925 bits per heavy atom. The van der Waals surface area contributed by atoms with Gasteiger partial charge in [0.15, 0.2) is 0 Å². The summed E-state index contributed by atoms with van der Waals surface area (Å²) in [6, 6.07) is 0. The topological polar surface area (TPSA) is 247 Å². The first kappa shape index (κ1) is 109. The van der Waals surface area contributed by atoms with Crippen LogP contribution in [0.2, 0.25) is 0 Å². The van der Waals surface area contributed by atoms with Crippen molar-refractivity contribution in [3.8, 4) is 0 Å². The Kier molecular flexibility index (Phi) is 36.9. The molecular weight excluding hydrogens is 1660 g/mol. The number of rotatable bonds is 24. The molecule has 15 aliphatic rings. The highest BCUT2D eigenvalue weighted by molar-refractivity contribution is 5.67. The maximum atomic E-state index is 12.3. The zero-order chi connectivity index (χ0) is 97.5. The monoisotopic (exact) mass is 1850 g/mol. The number of carbonyl (C=O) groups is 5. The van der Waals surface area contributed by atoms with E-state index < -0.39 is 0 Å². The molecule has 18 heteroatoms. The Balaban J connectivity index is 0.000000160. The van der Waals surface area contributed by atoms with Gasteiger partial charge < -0.3 is 53.6 Å². The second-order valence-electron chi connectivity index (χ2n) is 49.9. The number of ether oxygens (including phenoxy) is 4. The third-order valence-corrected chi connectivity index (χ3v) is 43.5. The zero-order valence-corrected chi connectivity index (χ0v) is 87.7. The fourth-order valence-electron chi connectivity index (χ4n) is 34.1. The number of aldehydes is 1. The highest BCUT2D eigenvalue weighted by Crippen LogP contribution is 2.70. The molecule has 133 heavy (non-hydrogen) atoms. The molecule has 0 aromatic heterocycles. The molecule has 15 saturated carbocycles. The van der Waals surface area contributed by atoms with E-state index in [0.717, 1.165) is 103 Å². The Labute approximate surface area is 807 Å². The minimum Gasteiger partial charge on any atom is -0.466 e. The van der Waals surface area contributed by atoms with Crippen LogP contribution in [-0.2, 0) is 57.4 Å². The molecule has 0 heterocycles. The van der Waals surface area contributed by atoms with Crippen LogP contribution < -0.4 is 11.0 Å². The molecule has 18 nitrogen and oxygen atoms in total. The molecule has 15 rings (SSSR count). The second-order valence-corrected chi connectivity index (χ2v) is 49.9. The molecule has 0 aromatic rings. The summed E-state index contributed by atoms with van der Waals surface area (Å²) in [6.07, 6.45) is 43.5. The number of aliphatic hydroxyl groups excluding tert-OH is 3. The van der Waals surface area contributed by atoms with Gasteiger partial charge in [-0.15, -0.1) is 0 Å². The number of hydroxylamine groups is 2. The maximum Gasteiger partial charge on any atom is 0.302 e. The largest absolute Gasteiger partial charge is 0.466 e. The smallest absolute Gasteiger partial charge is 0.302 e. The molecule has 756 valence electrons. The predicted molar refractivity (Wildman–Crippen MR) is 533 cm³/mol. The number of esters is 4. The van der Waals surface area contributed by atoms with Gasteiger partial charge in [0.05, 0.1) is 46.8 Å². The van der Waals surface area contributed by atoms with Gasteiger partial charge in [-0.3, -0.25) is 19.2 Å². The van der Waals surface area contributed by atoms with E-state index in [1.807, 2.05) is 0 Å². The van der Waals surface area contributed by atoms with Crippen LogP contribution in [0.15, 0.2) is 65.9 Å². The van der Waals surface area contributed by atoms with Crippen LogP contribution >= 0.6 is 0 Å². The average Bonchev–Trinajstić information content (AvgIpc) is 1.71. The molecule has 0 saturated heterocycles. The van der Waals surface area contributed by atoms with Crippen molar-refractivity contribution in [1.82, 2.24) is 11.0 Å². The van der Waals surface area contributed by atoms with Gasteiger partial charge in [0, 0.05) is 72.0 Å². The van der Waals surface area contributed by atoms with E-state index in [1.165, 1.54) is 197 Å².